The van der Waals surface area contributed by atoms with Gasteiger partial charge in [-0.3, -0.25) is 9.58 Å². The average molecular weight is 340 g/mol. The minimum absolute atomic E-state index is 0.246. The van der Waals surface area contributed by atoms with Gasteiger partial charge in [-0.2, -0.15) is 10.4 Å². The Morgan fingerprint density at radius 1 is 1.40 bits per heavy atom. The van der Waals surface area contributed by atoms with Crippen LogP contribution in [0.2, 0.25) is 0 Å². The molecule has 0 bridgehead atoms. The molecule has 2 aromatic rings. The standard InChI is InChI=1S/C19H24N4O2/c1-15-10-21-23(11-15)12-17-3-2-8-22(17)13-18(24)14-25-19-6-4-16(9-20)5-7-19/h4-7,10-11,17-18,24H,2-3,8,12-14H2,1H3/t17-,18-/m1/s1. The van der Waals surface area contributed by atoms with Crippen LogP contribution in [0.4, 0.5) is 0 Å². The number of β-amino-alcohol motifs (C(OH)–C–C–N with tert-alkyl or cyclic N) is 1. The van der Waals surface area contributed by atoms with Gasteiger partial charge >= 0.3 is 0 Å². The number of ether oxygens (including phenoxy) is 1. The van der Waals surface area contributed by atoms with Gasteiger partial charge in [-0.25, -0.2) is 0 Å². The highest BCUT2D eigenvalue weighted by atomic mass is 16.5. The predicted octanol–water partition coefficient (Wildman–Crippen LogP) is 1.97. The molecule has 0 spiro atoms. The lowest BCUT2D eigenvalue weighted by Gasteiger charge is -2.26. The molecule has 1 aromatic heterocycles. The minimum Gasteiger partial charge on any atom is -0.491 e. The van der Waals surface area contributed by atoms with E-state index in [0.29, 0.717) is 23.9 Å². The third-order valence-electron chi connectivity index (χ3n) is 4.53. The smallest absolute Gasteiger partial charge is 0.119 e. The highest BCUT2D eigenvalue weighted by Crippen LogP contribution is 2.19. The summed E-state index contributed by atoms with van der Waals surface area (Å²) in [6, 6.07) is 9.41. The summed E-state index contributed by atoms with van der Waals surface area (Å²) in [5, 5.41) is 23.5. The summed E-state index contributed by atoms with van der Waals surface area (Å²) >= 11 is 0. The number of hydrogen-bond acceptors (Lipinski definition) is 5. The van der Waals surface area contributed by atoms with Crippen molar-refractivity contribution >= 4 is 0 Å². The zero-order valence-electron chi connectivity index (χ0n) is 14.5. The van der Waals surface area contributed by atoms with Crippen molar-refractivity contribution in [2.75, 3.05) is 19.7 Å². The summed E-state index contributed by atoms with van der Waals surface area (Å²) in [4.78, 5) is 2.32. The largest absolute Gasteiger partial charge is 0.491 e. The fraction of sp³-hybridized carbons (Fsp3) is 0.474. The second-order valence-corrected chi connectivity index (χ2v) is 6.63. The van der Waals surface area contributed by atoms with E-state index >= 15 is 0 Å². The second-order valence-electron chi connectivity index (χ2n) is 6.63. The lowest BCUT2D eigenvalue weighted by Crippen LogP contribution is -2.40. The van der Waals surface area contributed by atoms with Crippen molar-refractivity contribution in [2.45, 2.75) is 38.5 Å². The Labute approximate surface area is 148 Å². The van der Waals surface area contributed by atoms with Crippen LogP contribution in [-0.2, 0) is 6.54 Å². The molecule has 1 aromatic carbocycles. The molecule has 6 heteroatoms. The van der Waals surface area contributed by atoms with E-state index < -0.39 is 6.10 Å². The van der Waals surface area contributed by atoms with Crippen LogP contribution in [0, 0.1) is 18.3 Å². The van der Waals surface area contributed by atoms with E-state index in [1.54, 1.807) is 24.3 Å². The van der Waals surface area contributed by atoms with E-state index in [4.69, 9.17) is 10.00 Å². The van der Waals surface area contributed by atoms with Crippen LogP contribution >= 0.6 is 0 Å². The van der Waals surface area contributed by atoms with Gasteiger partial charge in [0.15, 0.2) is 0 Å². The lowest BCUT2D eigenvalue weighted by molar-refractivity contribution is 0.0609. The molecule has 0 unspecified atom stereocenters. The molecule has 25 heavy (non-hydrogen) atoms. The van der Waals surface area contributed by atoms with Crippen LogP contribution in [0.1, 0.15) is 24.0 Å². The molecule has 0 radical (unpaired) electrons. The predicted molar refractivity (Wildman–Crippen MR) is 94.2 cm³/mol. The molecule has 132 valence electrons. The highest BCUT2D eigenvalue weighted by Gasteiger charge is 2.26. The molecular weight excluding hydrogens is 316 g/mol. The van der Waals surface area contributed by atoms with E-state index in [-0.39, 0.29) is 6.61 Å². The zero-order valence-corrected chi connectivity index (χ0v) is 14.5. The Kier molecular flexibility index (Phi) is 5.69. The maximum atomic E-state index is 10.3. The lowest BCUT2D eigenvalue weighted by atomic mass is 10.2. The number of aliphatic hydroxyl groups excluding tert-OH is 1. The molecule has 1 aliphatic heterocycles. The van der Waals surface area contributed by atoms with Crippen LogP contribution in [0.15, 0.2) is 36.7 Å². The van der Waals surface area contributed by atoms with Crippen molar-refractivity contribution < 1.29 is 9.84 Å². The Morgan fingerprint density at radius 3 is 2.88 bits per heavy atom. The van der Waals surface area contributed by atoms with Gasteiger partial charge in [-0.1, -0.05) is 0 Å². The van der Waals surface area contributed by atoms with E-state index in [9.17, 15) is 5.11 Å². The first kappa shape index (κ1) is 17.5. The van der Waals surface area contributed by atoms with Crippen molar-refractivity contribution in [3.8, 4) is 11.8 Å². The molecule has 0 amide bonds. The van der Waals surface area contributed by atoms with Gasteiger partial charge in [-0.15, -0.1) is 0 Å². The number of aromatic nitrogens is 2. The number of hydrogen-bond donors (Lipinski definition) is 1. The van der Waals surface area contributed by atoms with Gasteiger partial charge in [0.05, 0.1) is 24.4 Å². The third-order valence-corrected chi connectivity index (χ3v) is 4.53. The fourth-order valence-electron chi connectivity index (χ4n) is 3.27. The molecule has 0 aliphatic carbocycles. The van der Waals surface area contributed by atoms with Crippen molar-refractivity contribution in [1.82, 2.24) is 14.7 Å². The van der Waals surface area contributed by atoms with Gasteiger partial charge in [0.25, 0.3) is 0 Å². The quantitative estimate of drug-likeness (QED) is 0.834. The number of nitrogens with zero attached hydrogens (tertiary/aromatic N) is 4. The Balaban J connectivity index is 1.47. The molecule has 2 atom stereocenters. The first-order valence-electron chi connectivity index (χ1n) is 8.68. The Hall–Kier alpha value is -2.36. The third kappa shape index (κ3) is 4.81. The maximum Gasteiger partial charge on any atom is 0.119 e. The Morgan fingerprint density at radius 2 is 2.20 bits per heavy atom. The average Bonchev–Trinajstić information content (AvgIpc) is 3.23. The molecule has 1 saturated heterocycles. The van der Waals surface area contributed by atoms with Gasteiger partial charge < -0.3 is 9.84 Å². The number of nitriles is 1. The van der Waals surface area contributed by atoms with E-state index in [1.807, 2.05) is 17.8 Å². The molecule has 0 saturated carbocycles. The molecular formula is C19H24N4O2. The topological polar surface area (TPSA) is 74.3 Å². The zero-order chi connectivity index (χ0) is 17.6. The van der Waals surface area contributed by atoms with Crippen molar-refractivity contribution in [3.05, 3.63) is 47.8 Å². The fourth-order valence-corrected chi connectivity index (χ4v) is 3.27. The van der Waals surface area contributed by atoms with Gasteiger partial charge in [-0.05, 0) is 56.1 Å². The van der Waals surface area contributed by atoms with E-state index in [2.05, 4.69) is 22.3 Å². The number of rotatable bonds is 7. The van der Waals surface area contributed by atoms with E-state index in [0.717, 1.165) is 25.9 Å². The first-order valence-corrected chi connectivity index (χ1v) is 8.68. The minimum atomic E-state index is -0.546. The first-order chi connectivity index (χ1) is 12.1. The number of benzene rings is 1. The van der Waals surface area contributed by atoms with Crippen LogP contribution in [-0.4, -0.2) is 51.6 Å². The summed E-state index contributed by atoms with van der Waals surface area (Å²) in [6.45, 7) is 4.74. The summed E-state index contributed by atoms with van der Waals surface area (Å²) in [5.41, 5.74) is 1.77. The summed E-state index contributed by atoms with van der Waals surface area (Å²) in [6.07, 6.45) is 5.66. The molecule has 1 aliphatic rings. The molecule has 1 fully saturated rings. The van der Waals surface area contributed by atoms with Crippen LogP contribution in [0.25, 0.3) is 0 Å². The van der Waals surface area contributed by atoms with E-state index in [1.165, 1.54) is 5.56 Å². The molecule has 3 rings (SSSR count). The second kappa shape index (κ2) is 8.15. The summed E-state index contributed by atoms with van der Waals surface area (Å²) in [7, 11) is 0. The van der Waals surface area contributed by atoms with Crippen LogP contribution in [0.5, 0.6) is 5.75 Å². The van der Waals surface area contributed by atoms with Gasteiger partial charge in [0, 0.05) is 18.8 Å². The monoisotopic (exact) mass is 340 g/mol. The number of aliphatic hydroxyl groups is 1. The van der Waals surface area contributed by atoms with Gasteiger partial charge in [0.1, 0.15) is 18.5 Å². The van der Waals surface area contributed by atoms with Crippen LogP contribution in [0.3, 0.4) is 0 Å². The van der Waals surface area contributed by atoms with Crippen molar-refractivity contribution in [2.24, 2.45) is 0 Å². The molecule has 6 nitrogen and oxygen atoms in total. The number of likely N-dealkylation sites (tertiary alicyclic amines) is 1. The molecule has 2 heterocycles. The number of aryl methyl sites for hydroxylation is 1. The van der Waals surface area contributed by atoms with Gasteiger partial charge in [0.2, 0.25) is 0 Å². The SMILES string of the molecule is Cc1cnn(C[C@H]2CCCN2C[C@@H](O)COc2ccc(C#N)cc2)c1. The Bertz CT molecular complexity index is 720. The summed E-state index contributed by atoms with van der Waals surface area (Å²) in [5.74, 6) is 0.669. The molecule has 1 N–H and O–H groups in total. The van der Waals surface area contributed by atoms with Crippen molar-refractivity contribution in [3.63, 3.8) is 0 Å². The van der Waals surface area contributed by atoms with Crippen molar-refractivity contribution in [1.29, 1.82) is 5.26 Å². The maximum absolute atomic E-state index is 10.3. The van der Waals surface area contributed by atoms with Crippen LogP contribution < -0.4 is 4.74 Å². The normalized spacial score (nSPS) is 18.8. The summed E-state index contributed by atoms with van der Waals surface area (Å²) < 4.78 is 7.61. The highest BCUT2D eigenvalue weighted by molar-refractivity contribution is 5.34.